The van der Waals surface area contributed by atoms with E-state index in [1.165, 1.54) is 0 Å². The lowest BCUT2D eigenvalue weighted by molar-refractivity contribution is 0.656. The van der Waals surface area contributed by atoms with E-state index in [1.807, 2.05) is 24.4 Å². The summed E-state index contributed by atoms with van der Waals surface area (Å²) in [4.78, 5) is 4.40. The van der Waals surface area contributed by atoms with Crippen molar-refractivity contribution in [3.63, 3.8) is 0 Å². The Morgan fingerprint density at radius 1 is 1.30 bits per heavy atom. The number of nitrogens with one attached hydrogen (secondary N) is 1. The van der Waals surface area contributed by atoms with Crippen LogP contribution in [-0.2, 0) is 6.54 Å². The lowest BCUT2D eigenvalue weighted by atomic mass is 10.1. The minimum Gasteiger partial charge on any atom is -0.318 e. The first-order valence-corrected chi connectivity index (χ1v) is 6.50. The summed E-state index contributed by atoms with van der Waals surface area (Å²) in [5.74, 6) is 1.27. The van der Waals surface area contributed by atoms with Crippen LogP contribution in [0.25, 0.3) is 0 Å². The minimum absolute atomic E-state index is 0.380. The Balaban J connectivity index is 1.77. The third-order valence-electron chi connectivity index (χ3n) is 2.93. The Morgan fingerprint density at radius 3 is 2.80 bits per heavy atom. The van der Waals surface area contributed by atoms with E-state index in [-0.39, 0.29) is 6.04 Å². The molecule has 102 valence electrons. The molecule has 0 aliphatic rings. The number of hydrogen-bond donors (Lipinski definition) is 2. The highest BCUT2D eigenvalue weighted by Gasteiger charge is 2.14. The van der Waals surface area contributed by atoms with Crippen molar-refractivity contribution in [1.29, 1.82) is 0 Å². The van der Waals surface area contributed by atoms with Gasteiger partial charge in [0.2, 0.25) is 0 Å². The first-order chi connectivity index (χ1) is 9.72. The average Bonchev–Trinajstić information content (AvgIpc) is 3.11. The van der Waals surface area contributed by atoms with E-state index in [1.54, 1.807) is 23.0 Å². The maximum Gasteiger partial charge on any atom is 0.171 e. The molecule has 6 nitrogen and oxygen atoms in total. The summed E-state index contributed by atoms with van der Waals surface area (Å²) in [6.07, 6.45) is 3.58. The van der Waals surface area contributed by atoms with Crippen LogP contribution in [0.5, 0.6) is 0 Å². The monoisotopic (exact) mass is 288 g/mol. The molecular weight excluding hydrogens is 276 g/mol. The molecule has 0 saturated heterocycles. The highest BCUT2D eigenvalue weighted by Crippen LogP contribution is 2.18. The van der Waals surface area contributed by atoms with Crippen molar-refractivity contribution in [3.8, 4) is 0 Å². The predicted octanol–water partition coefficient (Wildman–Crippen LogP) is 1.75. The van der Waals surface area contributed by atoms with Crippen molar-refractivity contribution in [2.75, 3.05) is 0 Å². The highest BCUT2D eigenvalue weighted by atomic mass is 35.5. The molecule has 2 aromatic heterocycles. The van der Waals surface area contributed by atoms with E-state index in [0.29, 0.717) is 23.2 Å². The van der Waals surface area contributed by atoms with Gasteiger partial charge in [0, 0.05) is 17.4 Å². The number of halogens is 1. The molecule has 3 N–H and O–H groups in total. The molecule has 3 rings (SSSR count). The number of rotatable bonds is 4. The second kappa shape index (κ2) is 5.44. The van der Waals surface area contributed by atoms with Crippen molar-refractivity contribution < 1.29 is 0 Å². The predicted molar refractivity (Wildman–Crippen MR) is 75.2 cm³/mol. The van der Waals surface area contributed by atoms with Gasteiger partial charge in [0.05, 0.1) is 6.04 Å². The van der Waals surface area contributed by atoms with Crippen LogP contribution in [0, 0.1) is 0 Å². The van der Waals surface area contributed by atoms with Crippen LogP contribution in [0.15, 0.2) is 42.7 Å². The number of nitrogens with zero attached hydrogens (tertiary/aromatic N) is 4. The maximum atomic E-state index is 6.14. The highest BCUT2D eigenvalue weighted by molar-refractivity contribution is 6.30. The molecule has 0 saturated carbocycles. The topological polar surface area (TPSA) is 85.4 Å². The third-order valence-corrected chi connectivity index (χ3v) is 3.18. The van der Waals surface area contributed by atoms with Crippen molar-refractivity contribution >= 4 is 11.6 Å². The molecule has 0 bridgehead atoms. The molecule has 0 aliphatic heterocycles. The van der Waals surface area contributed by atoms with Crippen LogP contribution < -0.4 is 5.73 Å². The molecule has 0 spiro atoms. The Hall–Kier alpha value is -2.18. The standard InChI is InChI=1S/C13H13ClN6/c14-10-4-2-9(3-5-10)12(15)13-17-11(18-19-13)8-20-7-1-6-16-20/h1-7,12H,8,15H2,(H,17,18,19)/t12-/m0/s1. The molecule has 0 aliphatic carbocycles. The molecule has 7 heteroatoms. The van der Waals surface area contributed by atoms with Crippen molar-refractivity contribution in [1.82, 2.24) is 25.0 Å². The Bertz CT molecular complexity index is 673. The van der Waals surface area contributed by atoms with Crippen molar-refractivity contribution in [2.45, 2.75) is 12.6 Å². The normalized spacial score (nSPS) is 12.5. The Labute approximate surface area is 120 Å². The number of H-pyrrole nitrogens is 1. The van der Waals surface area contributed by atoms with Gasteiger partial charge in [-0.1, -0.05) is 23.7 Å². The summed E-state index contributed by atoms with van der Waals surface area (Å²) in [6.45, 7) is 0.535. The maximum absolute atomic E-state index is 6.14. The van der Waals surface area contributed by atoms with Gasteiger partial charge in [-0.05, 0) is 23.8 Å². The molecule has 1 aromatic carbocycles. The average molecular weight is 289 g/mol. The zero-order valence-corrected chi connectivity index (χ0v) is 11.3. The number of aromatic amines is 1. The quantitative estimate of drug-likeness (QED) is 0.766. The van der Waals surface area contributed by atoms with Crippen LogP contribution in [0.2, 0.25) is 5.02 Å². The first kappa shape index (κ1) is 12.8. The molecule has 1 atom stereocenters. The fourth-order valence-electron chi connectivity index (χ4n) is 1.89. The fourth-order valence-corrected chi connectivity index (χ4v) is 2.01. The molecule has 0 amide bonds. The molecule has 0 unspecified atom stereocenters. The zero-order chi connectivity index (χ0) is 13.9. The van der Waals surface area contributed by atoms with E-state index in [0.717, 1.165) is 5.56 Å². The van der Waals surface area contributed by atoms with Crippen LogP contribution in [0.1, 0.15) is 23.3 Å². The number of aromatic nitrogens is 5. The summed E-state index contributed by atoms with van der Waals surface area (Å²) in [7, 11) is 0. The lowest BCUT2D eigenvalue weighted by Gasteiger charge is -2.07. The zero-order valence-electron chi connectivity index (χ0n) is 10.6. The van der Waals surface area contributed by atoms with Crippen molar-refractivity contribution in [2.24, 2.45) is 5.73 Å². The van der Waals surface area contributed by atoms with Gasteiger partial charge in [-0.25, -0.2) is 4.98 Å². The summed E-state index contributed by atoms with van der Waals surface area (Å²) in [5, 5.41) is 11.8. The largest absolute Gasteiger partial charge is 0.318 e. The molecular formula is C13H13ClN6. The summed E-state index contributed by atoms with van der Waals surface area (Å²) in [6, 6.07) is 8.82. The van der Waals surface area contributed by atoms with Crippen LogP contribution in [-0.4, -0.2) is 25.0 Å². The number of nitrogens with two attached hydrogens (primary N) is 1. The van der Waals surface area contributed by atoms with Crippen LogP contribution >= 0.6 is 11.6 Å². The Kier molecular flexibility index (Phi) is 3.49. The fraction of sp³-hybridized carbons (Fsp3) is 0.154. The minimum atomic E-state index is -0.380. The van der Waals surface area contributed by atoms with E-state index in [4.69, 9.17) is 17.3 Å². The molecule has 20 heavy (non-hydrogen) atoms. The van der Waals surface area contributed by atoms with E-state index in [9.17, 15) is 0 Å². The van der Waals surface area contributed by atoms with Gasteiger partial charge in [0.25, 0.3) is 0 Å². The van der Waals surface area contributed by atoms with Gasteiger partial charge in [0.1, 0.15) is 12.4 Å². The smallest absolute Gasteiger partial charge is 0.171 e. The second-order valence-electron chi connectivity index (χ2n) is 4.37. The van der Waals surface area contributed by atoms with E-state index >= 15 is 0 Å². The van der Waals surface area contributed by atoms with Crippen LogP contribution in [0.4, 0.5) is 0 Å². The summed E-state index contributed by atoms with van der Waals surface area (Å²) >= 11 is 5.86. The van der Waals surface area contributed by atoms with Crippen molar-refractivity contribution in [3.05, 3.63) is 65.0 Å². The number of hydrogen-bond acceptors (Lipinski definition) is 4. The molecule has 2 heterocycles. The van der Waals surface area contributed by atoms with E-state index < -0.39 is 0 Å². The molecule has 0 radical (unpaired) electrons. The van der Waals surface area contributed by atoms with E-state index in [2.05, 4.69) is 20.3 Å². The Morgan fingerprint density at radius 2 is 2.10 bits per heavy atom. The van der Waals surface area contributed by atoms with Gasteiger partial charge < -0.3 is 5.73 Å². The third kappa shape index (κ3) is 2.71. The summed E-state index contributed by atoms with van der Waals surface area (Å²) < 4.78 is 1.76. The van der Waals surface area contributed by atoms with Gasteiger partial charge in [-0.3, -0.25) is 9.78 Å². The van der Waals surface area contributed by atoms with Gasteiger partial charge >= 0.3 is 0 Å². The SMILES string of the molecule is N[C@@H](c1ccc(Cl)cc1)c1n[nH]c(Cn2cccn2)n1. The van der Waals surface area contributed by atoms with Crippen LogP contribution in [0.3, 0.4) is 0 Å². The van der Waals surface area contributed by atoms with Gasteiger partial charge in [-0.2, -0.15) is 10.2 Å². The molecule has 3 aromatic rings. The second-order valence-corrected chi connectivity index (χ2v) is 4.81. The number of benzene rings is 1. The first-order valence-electron chi connectivity index (χ1n) is 6.12. The summed E-state index contributed by atoms with van der Waals surface area (Å²) in [5.41, 5.74) is 7.06. The van der Waals surface area contributed by atoms with Gasteiger partial charge in [-0.15, -0.1) is 0 Å². The lowest BCUT2D eigenvalue weighted by Crippen LogP contribution is -2.13. The van der Waals surface area contributed by atoms with Gasteiger partial charge in [0.15, 0.2) is 5.82 Å². The molecule has 0 fully saturated rings.